The van der Waals surface area contributed by atoms with E-state index in [1.54, 1.807) is 45.0 Å². The molecule has 0 bridgehead atoms. The van der Waals surface area contributed by atoms with E-state index in [4.69, 9.17) is 9.47 Å². The van der Waals surface area contributed by atoms with Crippen molar-refractivity contribution in [3.8, 4) is 5.75 Å². The molecule has 1 aromatic rings. The van der Waals surface area contributed by atoms with E-state index >= 15 is 0 Å². The summed E-state index contributed by atoms with van der Waals surface area (Å²) in [6.07, 6.45) is -0.624. The van der Waals surface area contributed by atoms with Crippen LogP contribution in [-0.2, 0) is 9.47 Å². The molecule has 1 fully saturated rings. The number of rotatable bonds is 4. The molecule has 2 atom stereocenters. The zero-order valence-electron chi connectivity index (χ0n) is 15.0. The summed E-state index contributed by atoms with van der Waals surface area (Å²) in [6, 6.07) is 6.27. The van der Waals surface area contributed by atoms with Crippen LogP contribution >= 0.6 is 0 Å². The molecule has 0 spiro atoms. The van der Waals surface area contributed by atoms with E-state index in [1.807, 2.05) is 0 Å². The first-order chi connectivity index (χ1) is 11.7. The number of ether oxygens (including phenoxy) is 3. The van der Waals surface area contributed by atoms with Gasteiger partial charge < -0.3 is 19.3 Å². The molecule has 1 heterocycles. The molecule has 1 amide bonds. The van der Waals surface area contributed by atoms with Crippen LogP contribution in [0.1, 0.15) is 37.6 Å². The number of likely N-dealkylation sites (tertiary alicyclic amines) is 1. The molecule has 0 radical (unpaired) electrons. The number of hydrogen-bond donors (Lipinski definition) is 1. The minimum absolute atomic E-state index is 0.226. The highest BCUT2D eigenvalue weighted by molar-refractivity contribution is 5.89. The van der Waals surface area contributed by atoms with Crippen molar-refractivity contribution in [1.29, 1.82) is 0 Å². The fourth-order valence-corrected chi connectivity index (χ4v) is 2.59. The van der Waals surface area contributed by atoms with Gasteiger partial charge in [-0.3, -0.25) is 4.90 Å². The van der Waals surface area contributed by atoms with Crippen molar-refractivity contribution < 1.29 is 28.9 Å². The molecule has 1 N–H and O–H groups in total. The Morgan fingerprint density at radius 3 is 2.44 bits per heavy atom. The molecule has 7 heteroatoms. The second-order valence-corrected chi connectivity index (χ2v) is 7.00. The number of carbonyl (C=O) groups excluding carboxylic acids is 2. The van der Waals surface area contributed by atoms with Gasteiger partial charge in [0.15, 0.2) is 0 Å². The summed E-state index contributed by atoms with van der Waals surface area (Å²) in [4.78, 5) is 25.2. The van der Waals surface area contributed by atoms with Gasteiger partial charge in [0.2, 0.25) is 0 Å². The standard InChI is InChI=1S/C18H25NO6/c1-18(2,3)25-17(22)19-10-14(20)9-13(19)11-24-15-7-5-12(6-8-15)16(21)23-4/h5-8,13-14,20H,9-11H2,1-4H3/t13-,14-/m0/s1. The lowest BCUT2D eigenvalue weighted by Crippen LogP contribution is -2.42. The fourth-order valence-electron chi connectivity index (χ4n) is 2.59. The van der Waals surface area contributed by atoms with E-state index in [1.165, 1.54) is 12.0 Å². The normalized spacial score (nSPS) is 20.3. The molecule has 0 saturated carbocycles. The van der Waals surface area contributed by atoms with Crippen LogP contribution in [0.25, 0.3) is 0 Å². The summed E-state index contributed by atoms with van der Waals surface area (Å²) < 4.78 is 15.7. The van der Waals surface area contributed by atoms with E-state index in [9.17, 15) is 14.7 Å². The zero-order valence-corrected chi connectivity index (χ0v) is 15.0. The largest absolute Gasteiger partial charge is 0.491 e. The maximum Gasteiger partial charge on any atom is 0.410 e. The maximum atomic E-state index is 12.3. The van der Waals surface area contributed by atoms with Gasteiger partial charge in [-0.2, -0.15) is 0 Å². The lowest BCUT2D eigenvalue weighted by molar-refractivity contribution is 0.0173. The van der Waals surface area contributed by atoms with Crippen molar-refractivity contribution >= 4 is 12.1 Å². The Bertz CT molecular complexity index is 607. The van der Waals surface area contributed by atoms with E-state index < -0.39 is 23.8 Å². The minimum Gasteiger partial charge on any atom is -0.491 e. The van der Waals surface area contributed by atoms with Crippen LogP contribution in [0.4, 0.5) is 4.79 Å². The Kier molecular flexibility index (Phi) is 5.89. The van der Waals surface area contributed by atoms with Crippen LogP contribution < -0.4 is 4.74 Å². The predicted octanol–water partition coefficient (Wildman–Crippen LogP) is 2.22. The monoisotopic (exact) mass is 351 g/mol. The number of nitrogens with zero attached hydrogens (tertiary/aromatic N) is 1. The molecule has 25 heavy (non-hydrogen) atoms. The zero-order chi connectivity index (χ0) is 18.6. The molecule has 1 saturated heterocycles. The third-order valence-corrected chi connectivity index (χ3v) is 3.74. The lowest BCUT2D eigenvalue weighted by Gasteiger charge is -2.28. The molecule has 0 aliphatic carbocycles. The molecule has 138 valence electrons. The van der Waals surface area contributed by atoms with Gasteiger partial charge in [0.1, 0.15) is 18.0 Å². The number of aliphatic hydroxyl groups is 1. The number of methoxy groups -OCH3 is 1. The van der Waals surface area contributed by atoms with Crippen molar-refractivity contribution in [1.82, 2.24) is 4.90 Å². The molecular formula is C18H25NO6. The lowest BCUT2D eigenvalue weighted by atomic mass is 10.2. The highest BCUT2D eigenvalue weighted by Crippen LogP contribution is 2.23. The number of esters is 1. The van der Waals surface area contributed by atoms with E-state index in [0.29, 0.717) is 17.7 Å². The maximum absolute atomic E-state index is 12.3. The molecule has 0 aromatic heterocycles. The van der Waals surface area contributed by atoms with Gasteiger partial charge in [-0.25, -0.2) is 9.59 Å². The molecule has 1 aromatic carbocycles. The number of carbonyl (C=O) groups is 2. The van der Waals surface area contributed by atoms with Crippen LogP contribution in [0.2, 0.25) is 0 Å². The van der Waals surface area contributed by atoms with Crippen molar-refractivity contribution in [2.24, 2.45) is 0 Å². The topological polar surface area (TPSA) is 85.3 Å². The summed E-state index contributed by atoms with van der Waals surface area (Å²) in [7, 11) is 1.32. The Balaban J connectivity index is 1.96. The molecule has 2 rings (SSSR count). The van der Waals surface area contributed by atoms with Gasteiger partial charge in [-0.1, -0.05) is 0 Å². The van der Waals surface area contributed by atoms with Gasteiger partial charge in [0.25, 0.3) is 0 Å². The predicted molar refractivity (Wildman–Crippen MR) is 90.6 cm³/mol. The Labute approximate surface area is 147 Å². The number of aliphatic hydroxyl groups excluding tert-OH is 1. The van der Waals surface area contributed by atoms with E-state index in [2.05, 4.69) is 4.74 Å². The molecule has 7 nitrogen and oxygen atoms in total. The highest BCUT2D eigenvalue weighted by Gasteiger charge is 2.37. The number of amides is 1. The second kappa shape index (κ2) is 7.74. The number of hydrogen-bond acceptors (Lipinski definition) is 6. The fraction of sp³-hybridized carbons (Fsp3) is 0.556. The number of β-amino-alcohol motifs (C(OH)–C–C–N with tert-alkyl or cyclic N) is 1. The first-order valence-electron chi connectivity index (χ1n) is 8.18. The molecule has 1 aliphatic heterocycles. The van der Waals surface area contributed by atoms with E-state index in [-0.39, 0.29) is 19.2 Å². The van der Waals surface area contributed by atoms with Gasteiger partial charge in [0, 0.05) is 0 Å². The summed E-state index contributed by atoms with van der Waals surface area (Å²) in [6.45, 7) is 5.85. The average molecular weight is 351 g/mol. The molecule has 0 unspecified atom stereocenters. The third kappa shape index (κ3) is 5.35. The van der Waals surface area contributed by atoms with Gasteiger partial charge in [-0.15, -0.1) is 0 Å². The van der Waals surface area contributed by atoms with Crippen LogP contribution in [0.15, 0.2) is 24.3 Å². The van der Waals surface area contributed by atoms with Gasteiger partial charge in [0.05, 0.1) is 31.4 Å². The molecule has 1 aliphatic rings. The van der Waals surface area contributed by atoms with Crippen molar-refractivity contribution in [3.63, 3.8) is 0 Å². The van der Waals surface area contributed by atoms with Crippen LogP contribution in [0, 0.1) is 0 Å². The third-order valence-electron chi connectivity index (χ3n) is 3.74. The summed E-state index contributed by atoms with van der Waals surface area (Å²) in [5.74, 6) is 0.153. The summed E-state index contributed by atoms with van der Waals surface area (Å²) in [5, 5.41) is 9.88. The minimum atomic E-state index is -0.597. The van der Waals surface area contributed by atoms with Gasteiger partial charge >= 0.3 is 12.1 Å². The SMILES string of the molecule is COC(=O)c1ccc(OC[C@@H]2C[C@H](O)CN2C(=O)OC(C)(C)C)cc1. The first kappa shape index (κ1) is 19.1. The molecular weight excluding hydrogens is 326 g/mol. The Hall–Kier alpha value is -2.28. The van der Waals surface area contributed by atoms with E-state index in [0.717, 1.165) is 0 Å². The summed E-state index contributed by atoms with van der Waals surface area (Å²) in [5.41, 5.74) is -0.166. The number of benzene rings is 1. The van der Waals surface area contributed by atoms with Crippen molar-refractivity contribution in [2.45, 2.75) is 44.9 Å². The summed E-state index contributed by atoms with van der Waals surface area (Å²) >= 11 is 0. The van der Waals surface area contributed by atoms with Crippen molar-refractivity contribution in [2.75, 3.05) is 20.3 Å². The smallest absolute Gasteiger partial charge is 0.410 e. The quantitative estimate of drug-likeness (QED) is 0.837. The van der Waals surface area contributed by atoms with Gasteiger partial charge in [-0.05, 0) is 51.5 Å². The first-order valence-corrected chi connectivity index (χ1v) is 8.18. The van der Waals surface area contributed by atoms with Crippen LogP contribution in [-0.4, -0.2) is 60.1 Å². The Morgan fingerprint density at radius 2 is 1.88 bits per heavy atom. The second-order valence-electron chi connectivity index (χ2n) is 7.00. The van der Waals surface area contributed by atoms with Crippen LogP contribution in [0.3, 0.4) is 0 Å². The average Bonchev–Trinajstić information content (AvgIpc) is 2.92. The van der Waals surface area contributed by atoms with Crippen LogP contribution in [0.5, 0.6) is 5.75 Å². The highest BCUT2D eigenvalue weighted by atomic mass is 16.6. The Morgan fingerprint density at radius 1 is 1.24 bits per heavy atom. The van der Waals surface area contributed by atoms with Crippen molar-refractivity contribution in [3.05, 3.63) is 29.8 Å².